The minimum atomic E-state index is -0.697. The second-order valence-electron chi connectivity index (χ2n) is 9.59. The van der Waals surface area contributed by atoms with Gasteiger partial charge in [-0.25, -0.2) is 0 Å². The van der Waals surface area contributed by atoms with E-state index in [1.54, 1.807) is 29.2 Å². The van der Waals surface area contributed by atoms with Crippen molar-refractivity contribution >= 4 is 17.4 Å². The summed E-state index contributed by atoms with van der Waals surface area (Å²) in [5.74, 6) is -0.0481. The highest BCUT2D eigenvalue weighted by atomic mass is 16.5. The van der Waals surface area contributed by atoms with Crippen molar-refractivity contribution in [1.29, 1.82) is 0 Å². The van der Waals surface area contributed by atoms with E-state index >= 15 is 0 Å². The van der Waals surface area contributed by atoms with Crippen molar-refractivity contribution in [2.24, 2.45) is 0 Å². The van der Waals surface area contributed by atoms with Crippen molar-refractivity contribution in [2.75, 3.05) is 52.6 Å². The monoisotopic (exact) mass is 522 g/mol. The zero-order chi connectivity index (χ0) is 26.9. The van der Waals surface area contributed by atoms with Crippen LogP contribution in [-0.2, 0) is 14.3 Å². The highest BCUT2D eigenvalue weighted by Crippen LogP contribution is 2.40. The van der Waals surface area contributed by atoms with Gasteiger partial charge in [0.25, 0.3) is 11.7 Å². The third-order valence-corrected chi connectivity index (χ3v) is 6.86. The third kappa shape index (κ3) is 6.55. The molecule has 2 heterocycles. The van der Waals surface area contributed by atoms with E-state index in [-0.39, 0.29) is 11.3 Å². The van der Waals surface area contributed by atoms with Crippen LogP contribution in [0.15, 0.2) is 54.1 Å². The summed E-state index contributed by atoms with van der Waals surface area (Å²) in [6, 6.07) is 13.7. The van der Waals surface area contributed by atoms with E-state index in [9.17, 15) is 14.7 Å². The fourth-order valence-corrected chi connectivity index (χ4v) is 4.70. The van der Waals surface area contributed by atoms with Crippen LogP contribution in [0.3, 0.4) is 0 Å². The Morgan fingerprint density at radius 1 is 0.895 bits per heavy atom. The SMILES string of the molecule is CCCCOc1ccc(/C(O)=C2\C(=O)C(=O)N(CCN3CCOCC3)C2c2ccc(OCCC)cc2)cc1. The summed E-state index contributed by atoms with van der Waals surface area (Å²) in [4.78, 5) is 30.4. The smallest absolute Gasteiger partial charge is 0.295 e. The van der Waals surface area contributed by atoms with Gasteiger partial charge in [0.15, 0.2) is 0 Å². The fourth-order valence-electron chi connectivity index (χ4n) is 4.70. The number of amides is 1. The van der Waals surface area contributed by atoms with Crippen LogP contribution in [-0.4, -0.2) is 79.2 Å². The zero-order valence-corrected chi connectivity index (χ0v) is 22.4. The number of rotatable bonds is 12. The van der Waals surface area contributed by atoms with Gasteiger partial charge in [-0.15, -0.1) is 0 Å². The number of unbranched alkanes of at least 4 members (excludes halogenated alkanes) is 1. The molecular formula is C30H38N2O6. The molecule has 2 aromatic rings. The first-order valence-corrected chi connectivity index (χ1v) is 13.6. The molecular weight excluding hydrogens is 484 g/mol. The number of carbonyl (C=O) groups excluding carboxylic acids is 2. The quantitative estimate of drug-likeness (QED) is 0.191. The van der Waals surface area contributed by atoms with Gasteiger partial charge in [-0.1, -0.05) is 32.4 Å². The number of Topliss-reactive ketones (excluding diaryl/α,β-unsaturated/α-hetero) is 1. The van der Waals surface area contributed by atoms with Gasteiger partial charge in [0.2, 0.25) is 0 Å². The Kier molecular flexibility index (Phi) is 9.79. The van der Waals surface area contributed by atoms with Gasteiger partial charge in [0.1, 0.15) is 17.3 Å². The topological polar surface area (TPSA) is 88.5 Å². The number of nitrogens with zero attached hydrogens (tertiary/aromatic N) is 2. The predicted molar refractivity (Wildman–Crippen MR) is 145 cm³/mol. The lowest BCUT2D eigenvalue weighted by Gasteiger charge is -2.31. The molecule has 1 amide bonds. The molecule has 0 bridgehead atoms. The van der Waals surface area contributed by atoms with Crippen LogP contribution in [0.1, 0.15) is 50.3 Å². The average Bonchev–Trinajstić information content (AvgIpc) is 3.21. The lowest BCUT2D eigenvalue weighted by atomic mass is 9.95. The Labute approximate surface area is 224 Å². The minimum Gasteiger partial charge on any atom is -0.507 e. The number of likely N-dealkylation sites (tertiary alicyclic amines) is 1. The molecule has 0 radical (unpaired) electrons. The maximum atomic E-state index is 13.3. The van der Waals surface area contributed by atoms with Crippen molar-refractivity contribution in [3.63, 3.8) is 0 Å². The zero-order valence-electron chi connectivity index (χ0n) is 22.4. The van der Waals surface area contributed by atoms with Gasteiger partial charge in [-0.05, 0) is 54.8 Å². The molecule has 38 heavy (non-hydrogen) atoms. The van der Waals surface area contributed by atoms with Gasteiger partial charge in [0.05, 0.1) is 38.0 Å². The van der Waals surface area contributed by atoms with Crippen molar-refractivity contribution in [1.82, 2.24) is 9.80 Å². The van der Waals surface area contributed by atoms with E-state index in [1.165, 1.54) is 0 Å². The first-order valence-electron chi connectivity index (χ1n) is 13.6. The summed E-state index contributed by atoms with van der Waals surface area (Å²) < 4.78 is 16.9. The summed E-state index contributed by atoms with van der Waals surface area (Å²) in [6.07, 6.45) is 2.89. The molecule has 2 aliphatic rings. The molecule has 0 aromatic heterocycles. The van der Waals surface area contributed by atoms with Crippen LogP contribution in [0.2, 0.25) is 0 Å². The number of benzene rings is 2. The standard InChI is InChI=1S/C30H38N2O6/c1-3-5-19-38-25-12-8-23(9-13-25)28(33)26-27(22-6-10-24(11-7-22)37-18-4-2)32(30(35)29(26)34)15-14-31-16-20-36-21-17-31/h6-13,27,33H,3-5,14-21H2,1-2H3/b28-26+. The summed E-state index contributed by atoms with van der Waals surface area (Å²) in [5, 5.41) is 11.3. The fraction of sp³-hybridized carbons (Fsp3) is 0.467. The van der Waals surface area contributed by atoms with Crippen molar-refractivity contribution < 1.29 is 28.9 Å². The van der Waals surface area contributed by atoms with Crippen LogP contribution in [0.25, 0.3) is 5.76 Å². The van der Waals surface area contributed by atoms with E-state index in [2.05, 4.69) is 11.8 Å². The lowest BCUT2D eigenvalue weighted by Crippen LogP contribution is -2.42. The van der Waals surface area contributed by atoms with Gasteiger partial charge in [-0.2, -0.15) is 0 Å². The highest BCUT2D eigenvalue weighted by molar-refractivity contribution is 6.46. The maximum absolute atomic E-state index is 13.3. The molecule has 1 atom stereocenters. The number of carbonyl (C=O) groups is 2. The summed E-state index contributed by atoms with van der Waals surface area (Å²) in [7, 11) is 0. The molecule has 4 rings (SSSR count). The van der Waals surface area contributed by atoms with Gasteiger partial charge in [0, 0.05) is 31.7 Å². The van der Waals surface area contributed by atoms with E-state index < -0.39 is 17.7 Å². The van der Waals surface area contributed by atoms with Crippen LogP contribution in [0.4, 0.5) is 0 Å². The Hall–Kier alpha value is -3.36. The second kappa shape index (κ2) is 13.4. The molecule has 1 N–H and O–H groups in total. The molecule has 0 spiro atoms. The summed E-state index contributed by atoms with van der Waals surface area (Å²) >= 11 is 0. The second-order valence-corrected chi connectivity index (χ2v) is 9.59. The molecule has 1 unspecified atom stereocenters. The van der Waals surface area contributed by atoms with Crippen LogP contribution in [0, 0.1) is 0 Å². The Morgan fingerprint density at radius 3 is 2.16 bits per heavy atom. The third-order valence-electron chi connectivity index (χ3n) is 6.86. The molecule has 0 aliphatic carbocycles. The molecule has 2 fully saturated rings. The van der Waals surface area contributed by atoms with Crippen LogP contribution >= 0.6 is 0 Å². The molecule has 2 saturated heterocycles. The molecule has 0 saturated carbocycles. The normalized spacial score (nSPS) is 19.6. The lowest BCUT2D eigenvalue weighted by molar-refractivity contribution is -0.140. The Bertz CT molecular complexity index is 1110. The maximum Gasteiger partial charge on any atom is 0.295 e. The first-order chi connectivity index (χ1) is 18.5. The molecule has 204 valence electrons. The Balaban J connectivity index is 1.64. The van der Waals surface area contributed by atoms with Gasteiger partial charge >= 0.3 is 0 Å². The number of aliphatic hydroxyl groups is 1. The minimum absolute atomic E-state index is 0.0962. The first kappa shape index (κ1) is 27.7. The number of hydrogen-bond donors (Lipinski definition) is 1. The highest BCUT2D eigenvalue weighted by Gasteiger charge is 2.46. The van der Waals surface area contributed by atoms with Gasteiger partial charge in [-0.3, -0.25) is 14.5 Å². The van der Waals surface area contributed by atoms with E-state index in [1.807, 2.05) is 31.2 Å². The van der Waals surface area contributed by atoms with Crippen LogP contribution in [0.5, 0.6) is 11.5 Å². The van der Waals surface area contributed by atoms with E-state index in [0.29, 0.717) is 50.8 Å². The van der Waals surface area contributed by atoms with E-state index in [4.69, 9.17) is 14.2 Å². The largest absolute Gasteiger partial charge is 0.507 e. The number of ketones is 1. The molecule has 2 aliphatic heterocycles. The van der Waals surface area contributed by atoms with E-state index in [0.717, 1.165) is 43.7 Å². The number of aliphatic hydroxyl groups excluding tert-OH is 1. The Morgan fingerprint density at radius 2 is 1.53 bits per heavy atom. The number of ether oxygens (including phenoxy) is 3. The molecule has 8 heteroatoms. The summed E-state index contributed by atoms with van der Waals surface area (Å²) in [6.45, 7) is 9.22. The van der Waals surface area contributed by atoms with Crippen molar-refractivity contribution in [3.8, 4) is 11.5 Å². The van der Waals surface area contributed by atoms with Crippen molar-refractivity contribution in [2.45, 2.75) is 39.2 Å². The number of hydrogen-bond acceptors (Lipinski definition) is 7. The average molecular weight is 523 g/mol. The number of morpholine rings is 1. The summed E-state index contributed by atoms with van der Waals surface area (Å²) in [5.41, 5.74) is 1.31. The van der Waals surface area contributed by atoms with Crippen LogP contribution < -0.4 is 9.47 Å². The van der Waals surface area contributed by atoms with Crippen molar-refractivity contribution in [3.05, 3.63) is 65.2 Å². The molecule has 2 aromatic carbocycles. The van der Waals surface area contributed by atoms with Gasteiger partial charge < -0.3 is 24.2 Å². The molecule has 8 nitrogen and oxygen atoms in total. The predicted octanol–water partition coefficient (Wildman–Crippen LogP) is 4.41.